The van der Waals surface area contributed by atoms with Gasteiger partial charge in [0.1, 0.15) is 5.82 Å². The molecule has 4 rings (SSSR count). The molecule has 0 radical (unpaired) electrons. The van der Waals surface area contributed by atoms with Crippen molar-refractivity contribution in [3.8, 4) is 0 Å². The van der Waals surface area contributed by atoms with E-state index in [-0.39, 0.29) is 11.9 Å². The molecule has 1 fully saturated rings. The third-order valence-corrected chi connectivity index (χ3v) is 5.85. The maximum absolute atomic E-state index is 12.4. The number of nitrogens with zero attached hydrogens (tertiary/aromatic N) is 3. The molecule has 32 heavy (non-hydrogen) atoms. The fourth-order valence-corrected chi connectivity index (χ4v) is 3.92. The van der Waals surface area contributed by atoms with Crippen LogP contribution in [0.5, 0.6) is 0 Å². The SMILES string of the molecule is Cc1ccc(C=CC(=O)N[C@@H](C)c2cccc(N3CCN(c4ccccn4)CC3)c2)cc1. The van der Waals surface area contributed by atoms with Gasteiger partial charge in [-0.3, -0.25) is 4.79 Å². The minimum absolute atomic E-state index is 0.0695. The second-order valence-corrected chi connectivity index (χ2v) is 8.23. The lowest BCUT2D eigenvalue weighted by Gasteiger charge is -2.37. The summed E-state index contributed by atoms with van der Waals surface area (Å²) in [6, 6.07) is 22.6. The van der Waals surface area contributed by atoms with Gasteiger partial charge in [0.2, 0.25) is 5.91 Å². The zero-order chi connectivity index (χ0) is 22.3. The second kappa shape index (κ2) is 10.1. The lowest BCUT2D eigenvalue weighted by molar-refractivity contribution is -0.117. The van der Waals surface area contributed by atoms with E-state index in [1.165, 1.54) is 11.3 Å². The van der Waals surface area contributed by atoms with Gasteiger partial charge in [0.05, 0.1) is 6.04 Å². The summed E-state index contributed by atoms with van der Waals surface area (Å²) in [5.41, 5.74) is 4.52. The Balaban J connectivity index is 1.34. The van der Waals surface area contributed by atoms with E-state index in [4.69, 9.17) is 0 Å². The smallest absolute Gasteiger partial charge is 0.244 e. The fourth-order valence-electron chi connectivity index (χ4n) is 3.92. The first-order valence-electron chi connectivity index (χ1n) is 11.1. The lowest BCUT2D eigenvalue weighted by atomic mass is 10.1. The van der Waals surface area contributed by atoms with Crippen molar-refractivity contribution >= 4 is 23.5 Å². The normalized spacial score (nSPS) is 15.1. The largest absolute Gasteiger partial charge is 0.368 e. The summed E-state index contributed by atoms with van der Waals surface area (Å²) in [5, 5.41) is 3.08. The highest BCUT2D eigenvalue weighted by Gasteiger charge is 2.19. The van der Waals surface area contributed by atoms with Crippen molar-refractivity contribution in [2.24, 2.45) is 0 Å². The van der Waals surface area contributed by atoms with E-state index < -0.39 is 0 Å². The molecule has 5 nitrogen and oxygen atoms in total. The van der Waals surface area contributed by atoms with Gasteiger partial charge in [-0.15, -0.1) is 0 Å². The van der Waals surface area contributed by atoms with E-state index in [2.05, 4.69) is 57.4 Å². The van der Waals surface area contributed by atoms with Gasteiger partial charge in [-0.25, -0.2) is 4.98 Å². The Labute approximate surface area is 190 Å². The van der Waals surface area contributed by atoms with Crippen molar-refractivity contribution < 1.29 is 4.79 Å². The number of nitrogens with one attached hydrogen (secondary N) is 1. The summed E-state index contributed by atoms with van der Waals surface area (Å²) in [7, 11) is 0. The molecule has 1 aliphatic heterocycles. The second-order valence-electron chi connectivity index (χ2n) is 8.23. The highest BCUT2D eigenvalue weighted by atomic mass is 16.1. The molecule has 0 unspecified atom stereocenters. The van der Waals surface area contributed by atoms with Crippen molar-refractivity contribution in [2.45, 2.75) is 19.9 Å². The summed E-state index contributed by atoms with van der Waals surface area (Å²) in [6.45, 7) is 7.85. The number of carbonyl (C=O) groups is 1. The average molecular weight is 427 g/mol. The molecule has 164 valence electrons. The van der Waals surface area contributed by atoms with Crippen LogP contribution in [-0.2, 0) is 4.79 Å². The number of amides is 1. The maximum atomic E-state index is 12.4. The summed E-state index contributed by atoms with van der Waals surface area (Å²) >= 11 is 0. The van der Waals surface area contributed by atoms with Crippen LogP contribution in [0.3, 0.4) is 0 Å². The quantitative estimate of drug-likeness (QED) is 0.585. The summed E-state index contributed by atoms with van der Waals surface area (Å²) in [5.74, 6) is 0.948. The third-order valence-electron chi connectivity index (χ3n) is 5.85. The Morgan fingerprint density at radius 2 is 1.72 bits per heavy atom. The topological polar surface area (TPSA) is 48.5 Å². The summed E-state index contributed by atoms with van der Waals surface area (Å²) < 4.78 is 0. The van der Waals surface area contributed by atoms with Crippen LogP contribution in [0.4, 0.5) is 11.5 Å². The molecule has 3 aromatic rings. The van der Waals surface area contributed by atoms with E-state index in [0.717, 1.165) is 43.1 Å². The number of hydrogen-bond donors (Lipinski definition) is 1. The number of anilines is 2. The van der Waals surface area contributed by atoms with Gasteiger partial charge in [-0.2, -0.15) is 0 Å². The molecule has 1 amide bonds. The van der Waals surface area contributed by atoms with Crippen molar-refractivity contribution in [1.29, 1.82) is 0 Å². The number of aryl methyl sites for hydroxylation is 1. The first kappa shape index (κ1) is 21.6. The molecular formula is C27H30N4O. The van der Waals surface area contributed by atoms with Gasteiger partial charge in [0.25, 0.3) is 0 Å². The predicted octanol–water partition coefficient (Wildman–Crippen LogP) is 4.61. The monoisotopic (exact) mass is 426 g/mol. The number of hydrogen-bond acceptors (Lipinski definition) is 4. The molecule has 0 spiro atoms. The molecule has 0 bridgehead atoms. The fraction of sp³-hybridized carbons (Fsp3) is 0.259. The van der Waals surface area contributed by atoms with E-state index in [1.807, 2.05) is 55.6 Å². The van der Waals surface area contributed by atoms with E-state index in [1.54, 1.807) is 6.08 Å². The van der Waals surface area contributed by atoms with Crippen LogP contribution in [0.2, 0.25) is 0 Å². The number of pyridine rings is 1. The highest BCUT2D eigenvalue weighted by Crippen LogP contribution is 2.23. The van der Waals surface area contributed by atoms with Gasteiger partial charge in [0.15, 0.2) is 0 Å². The molecular weight excluding hydrogens is 396 g/mol. The Hall–Kier alpha value is -3.60. The van der Waals surface area contributed by atoms with Crippen LogP contribution in [0.1, 0.15) is 29.7 Å². The first-order chi connectivity index (χ1) is 15.6. The van der Waals surface area contributed by atoms with Gasteiger partial charge >= 0.3 is 0 Å². The number of piperazine rings is 1. The van der Waals surface area contributed by atoms with Crippen molar-refractivity contribution in [3.05, 3.63) is 95.7 Å². The van der Waals surface area contributed by atoms with Crippen LogP contribution in [0, 0.1) is 6.92 Å². The summed E-state index contributed by atoms with van der Waals surface area (Å²) in [6.07, 6.45) is 5.29. The standard InChI is InChI=1S/C27H30N4O/c1-21-9-11-23(12-10-21)13-14-27(32)29-22(2)24-6-5-7-25(20-24)30-16-18-31(19-17-30)26-8-3-4-15-28-26/h3-15,20,22H,16-19H2,1-2H3,(H,29,32)/t22-/m0/s1. The minimum atomic E-state index is -0.0903. The van der Waals surface area contributed by atoms with Crippen LogP contribution in [-0.4, -0.2) is 37.1 Å². The van der Waals surface area contributed by atoms with Crippen LogP contribution in [0.15, 0.2) is 79.0 Å². The molecule has 2 aromatic carbocycles. The van der Waals surface area contributed by atoms with Gasteiger partial charge in [0, 0.05) is 44.1 Å². The van der Waals surface area contributed by atoms with Crippen LogP contribution in [0.25, 0.3) is 6.08 Å². The maximum Gasteiger partial charge on any atom is 0.244 e. The van der Waals surface area contributed by atoms with Gasteiger partial charge in [-0.05, 0) is 55.3 Å². The molecule has 1 N–H and O–H groups in total. The number of aromatic nitrogens is 1. The van der Waals surface area contributed by atoms with Crippen molar-refractivity contribution in [3.63, 3.8) is 0 Å². The van der Waals surface area contributed by atoms with Crippen LogP contribution < -0.4 is 15.1 Å². The average Bonchev–Trinajstić information content (AvgIpc) is 2.84. The van der Waals surface area contributed by atoms with Crippen molar-refractivity contribution in [1.82, 2.24) is 10.3 Å². The molecule has 1 aliphatic rings. The predicted molar refractivity (Wildman–Crippen MR) is 132 cm³/mol. The van der Waals surface area contributed by atoms with E-state index in [9.17, 15) is 4.79 Å². The zero-order valence-corrected chi connectivity index (χ0v) is 18.7. The highest BCUT2D eigenvalue weighted by molar-refractivity contribution is 5.92. The van der Waals surface area contributed by atoms with Gasteiger partial charge < -0.3 is 15.1 Å². The summed E-state index contributed by atoms with van der Waals surface area (Å²) in [4.78, 5) is 21.6. The Morgan fingerprint density at radius 1 is 0.969 bits per heavy atom. The zero-order valence-electron chi connectivity index (χ0n) is 18.7. The number of benzene rings is 2. The van der Waals surface area contributed by atoms with Gasteiger partial charge in [-0.1, -0.05) is 48.0 Å². The van der Waals surface area contributed by atoms with Crippen LogP contribution >= 0.6 is 0 Å². The Morgan fingerprint density at radius 3 is 2.44 bits per heavy atom. The number of carbonyl (C=O) groups excluding carboxylic acids is 1. The van der Waals surface area contributed by atoms with Crippen molar-refractivity contribution in [2.75, 3.05) is 36.0 Å². The Kier molecular flexibility index (Phi) is 6.85. The van der Waals surface area contributed by atoms with E-state index >= 15 is 0 Å². The number of rotatable bonds is 6. The lowest BCUT2D eigenvalue weighted by Crippen LogP contribution is -2.46. The molecule has 5 heteroatoms. The molecule has 0 aliphatic carbocycles. The van der Waals surface area contributed by atoms with E-state index in [0.29, 0.717) is 0 Å². The Bertz CT molecular complexity index is 1050. The molecule has 2 heterocycles. The molecule has 1 atom stereocenters. The first-order valence-corrected chi connectivity index (χ1v) is 11.1. The third kappa shape index (κ3) is 5.55. The molecule has 1 aromatic heterocycles. The molecule has 1 saturated heterocycles. The molecule has 0 saturated carbocycles. The minimum Gasteiger partial charge on any atom is -0.368 e.